The van der Waals surface area contributed by atoms with E-state index in [1.54, 1.807) is 13.2 Å². The van der Waals surface area contributed by atoms with E-state index in [0.29, 0.717) is 22.2 Å². The van der Waals surface area contributed by atoms with Gasteiger partial charge in [-0.3, -0.25) is 15.1 Å². The van der Waals surface area contributed by atoms with Gasteiger partial charge in [0.1, 0.15) is 5.75 Å². The minimum absolute atomic E-state index is 0.0232. The molecule has 2 heterocycles. The number of benzene rings is 1. The van der Waals surface area contributed by atoms with E-state index in [1.807, 2.05) is 0 Å². The average molecular weight is 526 g/mol. The van der Waals surface area contributed by atoms with Crippen LogP contribution in [0.2, 0.25) is 0 Å². The molecule has 4 rings (SSSR count). The van der Waals surface area contributed by atoms with Crippen LogP contribution in [0.15, 0.2) is 49.3 Å². The van der Waals surface area contributed by atoms with Gasteiger partial charge in [-0.1, -0.05) is 29.9 Å². The molecule has 190 valence electrons. The van der Waals surface area contributed by atoms with Gasteiger partial charge in [0.15, 0.2) is 5.01 Å². The summed E-state index contributed by atoms with van der Waals surface area (Å²) >= 11 is 1.11. The standard InChI is InChI=1S/C26H22F3N5O2S/c1-4-16(13-30-2)21-12-18(19-11-17(26(27,28)29)8-9-22(19)36-3)20(14-31-21)24(35)32-25-34-33-23(37-25)10-7-15-5-6-15/h4,8-9,11-15,30H,1,5-6H2,2-3H3,(H,32,34,35)/b16-13+. The minimum Gasteiger partial charge on any atom is -0.496 e. The Morgan fingerprint density at radius 1 is 1.24 bits per heavy atom. The summed E-state index contributed by atoms with van der Waals surface area (Å²) in [5.41, 5.74) is 0.370. The van der Waals surface area contributed by atoms with Crippen LogP contribution in [-0.4, -0.2) is 35.2 Å². The minimum atomic E-state index is -4.60. The maximum Gasteiger partial charge on any atom is 0.416 e. The number of hydrogen-bond donors (Lipinski definition) is 2. The van der Waals surface area contributed by atoms with E-state index in [0.717, 1.165) is 36.3 Å². The molecule has 1 fully saturated rings. The van der Waals surface area contributed by atoms with Gasteiger partial charge in [0.2, 0.25) is 5.13 Å². The number of carbonyl (C=O) groups is 1. The third kappa shape index (κ3) is 6.16. The summed E-state index contributed by atoms with van der Waals surface area (Å²) in [6.07, 6.45) is 2.00. The number of nitrogens with one attached hydrogen (secondary N) is 2. The van der Waals surface area contributed by atoms with Crippen LogP contribution in [0.25, 0.3) is 16.7 Å². The van der Waals surface area contributed by atoms with Gasteiger partial charge in [-0.15, -0.1) is 10.2 Å². The normalized spacial score (nSPS) is 13.4. The fourth-order valence-electron chi connectivity index (χ4n) is 3.38. The quantitative estimate of drug-likeness (QED) is 0.318. The summed E-state index contributed by atoms with van der Waals surface area (Å²) in [6.45, 7) is 3.76. The topological polar surface area (TPSA) is 89.0 Å². The number of nitrogens with zero attached hydrogens (tertiary/aromatic N) is 3. The fraction of sp³-hybridized carbons (Fsp3) is 0.231. The molecule has 37 heavy (non-hydrogen) atoms. The first-order valence-electron chi connectivity index (χ1n) is 11.2. The molecule has 1 saturated carbocycles. The Kier molecular flexibility index (Phi) is 7.59. The number of anilines is 1. The van der Waals surface area contributed by atoms with Gasteiger partial charge < -0.3 is 10.1 Å². The molecule has 2 N–H and O–H groups in total. The van der Waals surface area contributed by atoms with Gasteiger partial charge in [0, 0.05) is 42.1 Å². The number of aromatic nitrogens is 3. The Labute approximate surface area is 215 Å². The number of halogens is 3. The number of hydrogen-bond acceptors (Lipinski definition) is 7. The SMILES string of the molecule is C=C/C(=C\NC)c1cc(-c2cc(C(F)(F)F)ccc2OC)c(C(=O)Nc2nnc(C#CC3CC3)s2)cn1. The van der Waals surface area contributed by atoms with Crippen molar-refractivity contribution in [2.45, 2.75) is 19.0 Å². The van der Waals surface area contributed by atoms with E-state index in [4.69, 9.17) is 4.74 Å². The lowest BCUT2D eigenvalue weighted by atomic mass is 9.96. The predicted molar refractivity (Wildman–Crippen MR) is 136 cm³/mol. The summed E-state index contributed by atoms with van der Waals surface area (Å²) in [7, 11) is 3.03. The Hall–Kier alpha value is -4.17. The first-order chi connectivity index (χ1) is 17.7. The number of carbonyl (C=O) groups excluding carboxylic acids is 1. The van der Waals surface area contributed by atoms with Crippen molar-refractivity contribution in [2.75, 3.05) is 19.5 Å². The van der Waals surface area contributed by atoms with Crippen molar-refractivity contribution in [3.63, 3.8) is 0 Å². The molecule has 0 saturated heterocycles. The maximum absolute atomic E-state index is 13.6. The molecule has 2 aromatic heterocycles. The zero-order chi connectivity index (χ0) is 26.6. The van der Waals surface area contributed by atoms with Gasteiger partial charge in [-0.25, -0.2) is 0 Å². The van der Waals surface area contributed by atoms with Gasteiger partial charge in [-0.05, 0) is 43.0 Å². The lowest BCUT2D eigenvalue weighted by Gasteiger charge is -2.16. The smallest absolute Gasteiger partial charge is 0.416 e. The molecule has 1 amide bonds. The number of methoxy groups -OCH3 is 1. The summed E-state index contributed by atoms with van der Waals surface area (Å²) in [6, 6.07) is 4.60. The van der Waals surface area contributed by atoms with Crippen molar-refractivity contribution >= 4 is 27.9 Å². The first kappa shape index (κ1) is 25.9. The maximum atomic E-state index is 13.6. The van der Waals surface area contributed by atoms with Crippen LogP contribution in [-0.2, 0) is 6.18 Å². The summed E-state index contributed by atoms with van der Waals surface area (Å²) in [5.74, 6) is 5.93. The van der Waals surface area contributed by atoms with Crippen LogP contribution < -0.4 is 15.4 Å². The van der Waals surface area contributed by atoms with E-state index >= 15 is 0 Å². The third-order valence-corrected chi connectivity index (χ3v) is 6.14. The van der Waals surface area contributed by atoms with Crippen molar-refractivity contribution in [1.29, 1.82) is 0 Å². The molecule has 11 heteroatoms. The molecule has 3 aromatic rings. The second kappa shape index (κ2) is 10.8. The Morgan fingerprint density at radius 3 is 2.68 bits per heavy atom. The average Bonchev–Trinajstić information content (AvgIpc) is 3.62. The van der Waals surface area contributed by atoms with Crippen molar-refractivity contribution in [2.24, 2.45) is 5.92 Å². The monoisotopic (exact) mass is 525 g/mol. The highest BCUT2D eigenvalue weighted by molar-refractivity contribution is 7.15. The second-order valence-electron chi connectivity index (χ2n) is 8.03. The summed E-state index contributed by atoms with van der Waals surface area (Å²) in [4.78, 5) is 17.6. The summed E-state index contributed by atoms with van der Waals surface area (Å²) in [5, 5.41) is 14.1. The molecule has 0 atom stereocenters. The van der Waals surface area contributed by atoms with Crippen molar-refractivity contribution in [1.82, 2.24) is 20.5 Å². The van der Waals surface area contributed by atoms with E-state index < -0.39 is 17.6 Å². The zero-order valence-electron chi connectivity index (χ0n) is 19.9. The van der Waals surface area contributed by atoms with Crippen LogP contribution >= 0.6 is 11.3 Å². The Morgan fingerprint density at radius 2 is 2.03 bits per heavy atom. The van der Waals surface area contributed by atoms with Crippen LogP contribution in [0.3, 0.4) is 0 Å². The highest BCUT2D eigenvalue weighted by atomic mass is 32.1. The highest BCUT2D eigenvalue weighted by Gasteiger charge is 2.32. The Balaban J connectivity index is 1.79. The third-order valence-electron chi connectivity index (χ3n) is 5.39. The molecular weight excluding hydrogens is 503 g/mol. The molecule has 0 bridgehead atoms. The van der Waals surface area contributed by atoms with E-state index in [9.17, 15) is 18.0 Å². The van der Waals surface area contributed by atoms with Crippen LogP contribution in [0.1, 0.15) is 39.5 Å². The molecule has 1 aromatic carbocycles. The van der Waals surface area contributed by atoms with E-state index in [-0.39, 0.29) is 27.6 Å². The molecule has 7 nitrogen and oxygen atoms in total. The van der Waals surface area contributed by atoms with Gasteiger partial charge in [-0.2, -0.15) is 13.2 Å². The van der Waals surface area contributed by atoms with Crippen LogP contribution in [0, 0.1) is 17.8 Å². The number of ether oxygens (including phenoxy) is 1. The van der Waals surface area contributed by atoms with Gasteiger partial charge in [0.05, 0.1) is 23.9 Å². The van der Waals surface area contributed by atoms with E-state index in [2.05, 4.69) is 44.2 Å². The zero-order valence-corrected chi connectivity index (χ0v) is 20.8. The predicted octanol–water partition coefficient (Wildman–Crippen LogP) is 5.39. The van der Waals surface area contributed by atoms with Gasteiger partial charge in [0.25, 0.3) is 5.91 Å². The molecule has 0 unspecified atom stereocenters. The van der Waals surface area contributed by atoms with Crippen LogP contribution in [0.5, 0.6) is 5.75 Å². The molecule has 1 aliphatic rings. The lowest BCUT2D eigenvalue weighted by molar-refractivity contribution is -0.137. The molecule has 1 aliphatic carbocycles. The number of amides is 1. The second-order valence-corrected chi connectivity index (χ2v) is 9.01. The number of alkyl halides is 3. The summed E-state index contributed by atoms with van der Waals surface area (Å²) < 4.78 is 46.0. The molecule has 0 radical (unpaired) electrons. The largest absolute Gasteiger partial charge is 0.496 e. The molecule has 0 spiro atoms. The van der Waals surface area contributed by atoms with Crippen molar-refractivity contribution in [3.8, 4) is 28.7 Å². The van der Waals surface area contributed by atoms with E-state index in [1.165, 1.54) is 31.5 Å². The van der Waals surface area contributed by atoms with Gasteiger partial charge >= 0.3 is 6.18 Å². The Bertz CT molecular complexity index is 1430. The molecular formula is C26H22F3N5O2S. The first-order valence-corrected chi connectivity index (χ1v) is 12.0. The van der Waals surface area contributed by atoms with Crippen molar-refractivity contribution in [3.05, 3.63) is 71.1 Å². The lowest BCUT2D eigenvalue weighted by Crippen LogP contribution is -2.14. The van der Waals surface area contributed by atoms with Crippen molar-refractivity contribution < 1.29 is 22.7 Å². The highest BCUT2D eigenvalue weighted by Crippen LogP contribution is 2.39. The van der Waals surface area contributed by atoms with Crippen LogP contribution in [0.4, 0.5) is 18.3 Å². The number of allylic oxidation sites excluding steroid dienone is 2. The fourth-order valence-corrected chi connectivity index (χ4v) is 3.99. The number of pyridine rings is 1. The number of rotatable bonds is 7. The molecule has 0 aliphatic heterocycles.